The number of esters is 1. The maximum atomic E-state index is 10.9. The van der Waals surface area contributed by atoms with Gasteiger partial charge in [0.2, 0.25) is 5.78 Å². The van der Waals surface area contributed by atoms with Crippen molar-refractivity contribution in [3.63, 3.8) is 0 Å². The fourth-order valence-corrected chi connectivity index (χ4v) is 1.01. The molecule has 0 fully saturated rings. The summed E-state index contributed by atoms with van der Waals surface area (Å²) in [5, 5.41) is 0.620. The monoisotopic (exact) mass is 232 g/mol. The molecule has 1 rings (SSSR count). The van der Waals surface area contributed by atoms with E-state index in [9.17, 15) is 9.59 Å². The zero-order chi connectivity index (χ0) is 10.7. The van der Waals surface area contributed by atoms with Crippen molar-refractivity contribution in [2.24, 2.45) is 0 Å². The molecule has 0 saturated heterocycles. The lowest BCUT2D eigenvalue weighted by Crippen LogP contribution is -2.16. The molecule has 0 aliphatic rings. The minimum Gasteiger partial charge on any atom is -0.421 e. The number of rotatable bonds is 2. The van der Waals surface area contributed by atoms with Crippen molar-refractivity contribution >= 4 is 35.0 Å². The van der Waals surface area contributed by atoms with Gasteiger partial charge in [0.15, 0.2) is 0 Å². The molecule has 0 aromatic heterocycles. The summed E-state index contributed by atoms with van der Waals surface area (Å²) in [6.45, 7) is 1.12. The van der Waals surface area contributed by atoms with Crippen molar-refractivity contribution in [1.82, 2.24) is 0 Å². The van der Waals surface area contributed by atoms with Crippen molar-refractivity contribution < 1.29 is 14.3 Å². The Morgan fingerprint density at radius 2 is 1.86 bits per heavy atom. The molecule has 0 aliphatic carbocycles. The Morgan fingerprint density at radius 1 is 1.21 bits per heavy atom. The van der Waals surface area contributed by atoms with Gasteiger partial charge < -0.3 is 4.74 Å². The average Bonchev–Trinajstić information content (AvgIpc) is 2.11. The molecule has 0 saturated carbocycles. The maximum Gasteiger partial charge on any atom is 0.379 e. The van der Waals surface area contributed by atoms with E-state index >= 15 is 0 Å². The molecule has 5 heteroatoms. The number of Topliss-reactive ketones (excluding diaryl/α,β-unsaturated/α-hetero) is 1. The average molecular weight is 233 g/mol. The van der Waals surface area contributed by atoms with Gasteiger partial charge in [-0.15, -0.1) is 0 Å². The van der Waals surface area contributed by atoms with Crippen molar-refractivity contribution in [3.8, 4) is 5.75 Å². The molecule has 0 atom stereocenters. The molecule has 0 spiro atoms. The third-order valence-electron chi connectivity index (χ3n) is 1.39. The Labute approximate surface area is 90.6 Å². The molecule has 0 radical (unpaired) electrons. The zero-order valence-corrected chi connectivity index (χ0v) is 8.72. The van der Waals surface area contributed by atoms with Crippen LogP contribution in [0.25, 0.3) is 0 Å². The van der Waals surface area contributed by atoms with Gasteiger partial charge in [0.05, 0.1) is 10.0 Å². The van der Waals surface area contributed by atoms with Crippen LogP contribution in [0.2, 0.25) is 10.0 Å². The fraction of sp³-hybridized carbons (Fsp3) is 0.111. The summed E-state index contributed by atoms with van der Waals surface area (Å²) >= 11 is 11.3. The third kappa shape index (κ3) is 2.72. The second-order valence-corrected chi connectivity index (χ2v) is 3.34. The Balaban J connectivity index is 2.83. The Morgan fingerprint density at radius 3 is 2.36 bits per heavy atom. The number of carbonyl (C=O) groups excluding carboxylic acids is 2. The normalized spacial score (nSPS) is 9.64. The molecule has 0 unspecified atom stereocenters. The van der Waals surface area contributed by atoms with E-state index < -0.39 is 11.8 Å². The van der Waals surface area contributed by atoms with Crippen LogP contribution in [0.3, 0.4) is 0 Å². The molecule has 14 heavy (non-hydrogen) atoms. The summed E-state index contributed by atoms with van der Waals surface area (Å²) in [6, 6.07) is 4.30. The van der Waals surface area contributed by atoms with Crippen LogP contribution in [0.4, 0.5) is 0 Å². The Kier molecular flexibility index (Phi) is 3.49. The lowest BCUT2D eigenvalue weighted by Gasteiger charge is -2.02. The highest BCUT2D eigenvalue weighted by Gasteiger charge is 2.10. The van der Waals surface area contributed by atoms with Gasteiger partial charge in [0.25, 0.3) is 0 Å². The van der Waals surface area contributed by atoms with Gasteiger partial charge >= 0.3 is 5.97 Å². The smallest absolute Gasteiger partial charge is 0.379 e. The summed E-state index contributed by atoms with van der Waals surface area (Å²) < 4.78 is 4.68. The Bertz CT molecular complexity index is 388. The van der Waals surface area contributed by atoms with E-state index in [1.165, 1.54) is 18.2 Å². The highest BCUT2D eigenvalue weighted by molar-refractivity contribution is 6.42. The van der Waals surface area contributed by atoms with Crippen LogP contribution in [-0.4, -0.2) is 11.8 Å². The van der Waals surface area contributed by atoms with E-state index in [0.29, 0.717) is 5.02 Å². The van der Waals surface area contributed by atoms with Crippen LogP contribution in [0.5, 0.6) is 5.75 Å². The van der Waals surface area contributed by atoms with Gasteiger partial charge in [0, 0.05) is 13.0 Å². The lowest BCUT2D eigenvalue weighted by molar-refractivity contribution is -0.146. The van der Waals surface area contributed by atoms with Crippen LogP contribution in [0.1, 0.15) is 6.92 Å². The zero-order valence-electron chi connectivity index (χ0n) is 7.21. The highest BCUT2D eigenvalue weighted by Crippen LogP contribution is 2.26. The SMILES string of the molecule is CC(=O)C(=O)Oc1ccc(Cl)c(Cl)c1. The first kappa shape index (κ1) is 11.0. The third-order valence-corrected chi connectivity index (χ3v) is 2.13. The molecule has 74 valence electrons. The van der Waals surface area contributed by atoms with Crippen LogP contribution >= 0.6 is 23.2 Å². The van der Waals surface area contributed by atoms with E-state index in [1.807, 2.05) is 0 Å². The van der Waals surface area contributed by atoms with Crippen molar-refractivity contribution in [3.05, 3.63) is 28.2 Å². The first-order chi connectivity index (χ1) is 6.50. The summed E-state index contributed by atoms with van der Waals surface area (Å²) in [4.78, 5) is 21.4. The van der Waals surface area contributed by atoms with Gasteiger partial charge in [-0.1, -0.05) is 23.2 Å². The molecular weight excluding hydrogens is 227 g/mol. The topological polar surface area (TPSA) is 43.4 Å². The van der Waals surface area contributed by atoms with Gasteiger partial charge in [-0.05, 0) is 12.1 Å². The molecular formula is C9H6Cl2O3. The van der Waals surface area contributed by atoms with E-state index in [1.54, 1.807) is 0 Å². The fourth-order valence-electron chi connectivity index (χ4n) is 0.719. The quantitative estimate of drug-likeness (QED) is 0.447. The number of ketones is 1. The predicted octanol–water partition coefficient (Wildman–Crippen LogP) is 2.49. The molecule has 0 heterocycles. The first-order valence-electron chi connectivity index (χ1n) is 3.68. The van der Waals surface area contributed by atoms with Crippen LogP contribution in [-0.2, 0) is 9.59 Å². The van der Waals surface area contributed by atoms with Crippen molar-refractivity contribution in [1.29, 1.82) is 0 Å². The first-order valence-corrected chi connectivity index (χ1v) is 4.44. The van der Waals surface area contributed by atoms with Crippen LogP contribution in [0, 0.1) is 0 Å². The number of hydrogen-bond donors (Lipinski definition) is 0. The number of halogens is 2. The number of ether oxygens (including phenoxy) is 1. The largest absolute Gasteiger partial charge is 0.421 e. The minimum atomic E-state index is -0.927. The summed E-state index contributed by atoms with van der Waals surface area (Å²) in [5.41, 5.74) is 0. The molecule has 0 bridgehead atoms. The second kappa shape index (κ2) is 4.44. The van der Waals surface area contributed by atoms with E-state index in [2.05, 4.69) is 4.74 Å². The summed E-state index contributed by atoms with van der Waals surface area (Å²) in [5.74, 6) is -1.40. The standard InChI is InChI=1S/C9H6Cl2O3/c1-5(12)9(13)14-6-2-3-7(10)8(11)4-6/h2-4H,1H3. The van der Waals surface area contributed by atoms with E-state index in [-0.39, 0.29) is 10.8 Å². The molecule has 0 amide bonds. The predicted molar refractivity (Wildman–Crippen MR) is 52.8 cm³/mol. The molecule has 3 nitrogen and oxygen atoms in total. The van der Waals surface area contributed by atoms with E-state index in [0.717, 1.165) is 6.92 Å². The second-order valence-electron chi connectivity index (χ2n) is 2.52. The van der Waals surface area contributed by atoms with Gasteiger partial charge in [-0.25, -0.2) is 4.79 Å². The minimum absolute atomic E-state index is 0.194. The number of benzene rings is 1. The maximum absolute atomic E-state index is 10.9. The number of carbonyl (C=O) groups is 2. The molecule has 0 N–H and O–H groups in total. The van der Waals surface area contributed by atoms with Crippen molar-refractivity contribution in [2.45, 2.75) is 6.92 Å². The van der Waals surface area contributed by atoms with Crippen molar-refractivity contribution in [2.75, 3.05) is 0 Å². The van der Waals surface area contributed by atoms with Crippen LogP contribution < -0.4 is 4.74 Å². The molecule has 1 aromatic carbocycles. The van der Waals surface area contributed by atoms with Gasteiger partial charge in [0.1, 0.15) is 5.75 Å². The van der Waals surface area contributed by atoms with Gasteiger partial charge in [-0.2, -0.15) is 0 Å². The van der Waals surface area contributed by atoms with E-state index in [4.69, 9.17) is 23.2 Å². The molecule has 0 aliphatic heterocycles. The summed E-state index contributed by atoms with van der Waals surface area (Å²) in [7, 11) is 0. The lowest BCUT2D eigenvalue weighted by atomic mass is 10.3. The molecule has 1 aromatic rings. The highest BCUT2D eigenvalue weighted by atomic mass is 35.5. The number of hydrogen-bond acceptors (Lipinski definition) is 3. The van der Waals surface area contributed by atoms with Crippen LogP contribution in [0.15, 0.2) is 18.2 Å². The summed E-state index contributed by atoms with van der Waals surface area (Å²) in [6.07, 6.45) is 0. The van der Waals surface area contributed by atoms with Gasteiger partial charge in [-0.3, -0.25) is 4.79 Å². The Hall–Kier alpha value is -1.06.